The van der Waals surface area contributed by atoms with Crippen LogP contribution in [0.25, 0.3) is 46.0 Å². The van der Waals surface area contributed by atoms with Gasteiger partial charge in [0.2, 0.25) is 11.9 Å². The lowest BCUT2D eigenvalue weighted by molar-refractivity contribution is 0.00334. The number of halogens is 2. The van der Waals surface area contributed by atoms with Gasteiger partial charge in [-0.3, -0.25) is 18.3 Å². The van der Waals surface area contributed by atoms with Crippen molar-refractivity contribution in [2.24, 2.45) is 0 Å². The monoisotopic (exact) mass is 850 g/mol. The van der Waals surface area contributed by atoms with Crippen molar-refractivity contribution in [3.05, 3.63) is 121 Å². The molecule has 2 atom stereocenters. The van der Waals surface area contributed by atoms with Crippen LogP contribution in [0.3, 0.4) is 0 Å². The van der Waals surface area contributed by atoms with Gasteiger partial charge in [-0.2, -0.15) is 9.97 Å². The minimum atomic E-state index is -0.291. The predicted molar refractivity (Wildman–Crippen MR) is 224 cm³/mol. The summed E-state index contributed by atoms with van der Waals surface area (Å²) in [5, 5.41) is 17.3. The van der Waals surface area contributed by atoms with E-state index in [0.717, 1.165) is 64.5 Å². The summed E-state index contributed by atoms with van der Waals surface area (Å²) < 4.78 is 45.4. The average molecular weight is 851 g/mol. The van der Waals surface area contributed by atoms with Gasteiger partial charge in [0, 0.05) is 35.9 Å². The highest BCUT2D eigenvalue weighted by atomic mass is 19.1. The molecule has 0 radical (unpaired) electrons. The van der Waals surface area contributed by atoms with Gasteiger partial charge < -0.3 is 19.3 Å². The maximum absolute atomic E-state index is 13.4. The van der Waals surface area contributed by atoms with Crippen LogP contribution in [-0.2, 0) is 9.47 Å². The third kappa shape index (κ3) is 6.43. The second-order valence-corrected chi connectivity index (χ2v) is 15.6. The molecule has 318 valence electrons. The number of rotatable bonds is 8. The number of hydrogen-bond donors (Lipinski definition) is 0. The Morgan fingerprint density at radius 1 is 0.603 bits per heavy atom. The van der Waals surface area contributed by atoms with Crippen molar-refractivity contribution in [1.29, 1.82) is 0 Å². The number of imidazole rings is 2. The number of aryl methyl sites for hydroxylation is 1. The summed E-state index contributed by atoms with van der Waals surface area (Å²) in [7, 11) is 0. The molecule has 0 amide bonds. The Labute approximate surface area is 358 Å². The molecule has 0 bridgehead atoms. The third-order valence-electron chi connectivity index (χ3n) is 11.9. The molecule has 63 heavy (non-hydrogen) atoms. The molecule has 2 saturated heterocycles. The molecule has 2 aromatic carbocycles. The lowest BCUT2D eigenvalue weighted by atomic mass is 10.0. The number of aromatic nitrogens is 14. The van der Waals surface area contributed by atoms with Gasteiger partial charge in [-0.1, -0.05) is 13.8 Å². The summed E-state index contributed by atoms with van der Waals surface area (Å²) in [6, 6.07) is 13.0. The van der Waals surface area contributed by atoms with Crippen molar-refractivity contribution in [3.63, 3.8) is 0 Å². The number of nitrogens with zero attached hydrogens (tertiary/aromatic N) is 16. The molecule has 0 N–H and O–H groups in total. The van der Waals surface area contributed by atoms with Crippen LogP contribution in [0, 0.1) is 18.6 Å². The highest BCUT2D eigenvalue weighted by Crippen LogP contribution is 2.43. The van der Waals surface area contributed by atoms with Gasteiger partial charge in [-0.15, -0.1) is 20.4 Å². The number of hydrogen-bond acceptors (Lipinski definition) is 14. The van der Waals surface area contributed by atoms with E-state index < -0.39 is 0 Å². The molecule has 0 aliphatic carbocycles. The number of ether oxygens (including phenoxy) is 2. The fourth-order valence-corrected chi connectivity index (χ4v) is 8.68. The second kappa shape index (κ2) is 15.5. The minimum absolute atomic E-state index is 0.0414. The van der Waals surface area contributed by atoms with Crippen LogP contribution >= 0.6 is 0 Å². The Kier molecular flexibility index (Phi) is 9.52. The summed E-state index contributed by atoms with van der Waals surface area (Å²) in [6.45, 7) is 8.80. The number of fused-ring (bicyclic) bond motifs is 6. The summed E-state index contributed by atoms with van der Waals surface area (Å²) in [6.07, 6.45) is 14.0. The average Bonchev–Trinajstić information content (AvgIpc) is 4.11. The fourth-order valence-electron chi connectivity index (χ4n) is 8.68. The van der Waals surface area contributed by atoms with Crippen LogP contribution in [0.2, 0.25) is 0 Å². The van der Waals surface area contributed by atoms with E-state index in [1.165, 1.54) is 24.3 Å². The number of anilines is 2. The SMILES string of the molecule is CC[C@@H]1c2nnc(C)n2-c2cnc(-n3ccnc3-c3ccc(F)cc3)nc2N1C1COC1.CC[C@@H]1c2nncn2-c2cnc(-n3ccnc3-c3ccc(F)cc3)nc2N1C1COC1. The summed E-state index contributed by atoms with van der Waals surface area (Å²) in [5.41, 5.74) is 3.25. The first kappa shape index (κ1) is 38.6. The minimum Gasteiger partial charge on any atom is -0.377 e. The van der Waals surface area contributed by atoms with Crippen LogP contribution in [-0.4, -0.2) is 107 Å². The molecule has 12 rings (SSSR count). The Hall–Kier alpha value is -7.32. The quantitative estimate of drug-likeness (QED) is 0.181. The van der Waals surface area contributed by atoms with Crippen LogP contribution in [0.5, 0.6) is 0 Å². The molecule has 2 fully saturated rings. The molecule has 6 aromatic heterocycles. The van der Waals surface area contributed by atoms with Crippen LogP contribution in [0.1, 0.15) is 56.2 Å². The van der Waals surface area contributed by atoms with Crippen molar-refractivity contribution < 1.29 is 18.3 Å². The Morgan fingerprint density at radius 2 is 1.11 bits per heavy atom. The maximum atomic E-state index is 13.4. The first-order chi connectivity index (χ1) is 30.9. The molecule has 18 nitrogen and oxygen atoms in total. The second-order valence-electron chi connectivity index (χ2n) is 15.6. The van der Waals surface area contributed by atoms with Gasteiger partial charge in [0.15, 0.2) is 23.3 Å². The first-order valence-corrected chi connectivity index (χ1v) is 20.8. The molecule has 4 aliphatic rings. The summed E-state index contributed by atoms with van der Waals surface area (Å²) in [5.74, 6) is 5.92. The van der Waals surface area contributed by atoms with E-state index in [4.69, 9.17) is 19.4 Å². The topological polar surface area (TPSA) is 174 Å². The normalized spacial score (nSPS) is 17.8. The summed E-state index contributed by atoms with van der Waals surface area (Å²) >= 11 is 0. The summed E-state index contributed by atoms with van der Waals surface area (Å²) in [4.78, 5) is 32.7. The molecule has 0 unspecified atom stereocenters. The van der Waals surface area contributed by atoms with E-state index in [2.05, 4.69) is 64.0 Å². The standard InChI is InChI=1S/C22H21FN8O.C21H19FN8O/c1-3-17-21-28-27-13(2)30(21)18-10-25-22(26-20(18)31(17)16-11-32-12-16)29-9-8-24-19(29)14-4-6-15(23)7-5-14;1-2-16-20-27-25-12-29(20)17-9-24-21(26-19(17)30(16)15-10-31-11-15)28-8-7-23-18(28)13-3-5-14(22)6-4-13/h4-10,16-17H,3,11-12H2,1-2H3;3-9,12,15-16H,2,10-11H2,1H3/t17-;16-/m11/s1. The van der Waals surface area contributed by atoms with Gasteiger partial charge in [-0.25, -0.2) is 28.7 Å². The Bertz CT molecular complexity index is 2940. The molecule has 10 heterocycles. The Morgan fingerprint density at radius 3 is 1.62 bits per heavy atom. The van der Waals surface area contributed by atoms with Gasteiger partial charge >= 0.3 is 0 Å². The zero-order chi connectivity index (χ0) is 42.8. The van der Waals surface area contributed by atoms with Crippen molar-refractivity contribution in [2.45, 2.75) is 57.8 Å². The van der Waals surface area contributed by atoms with Crippen LogP contribution < -0.4 is 9.80 Å². The van der Waals surface area contributed by atoms with E-state index in [9.17, 15) is 8.78 Å². The van der Waals surface area contributed by atoms with Gasteiger partial charge in [0.1, 0.15) is 46.8 Å². The van der Waals surface area contributed by atoms with E-state index in [1.54, 1.807) is 49.2 Å². The van der Waals surface area contributed by atoms with Crippen molar-refractivity contribution in [1.82, 2.24) is 68.6 Å². The highest BCUT2D eigenvalue weighted by Gasteiger charge is 2.42. The molecular weight excluding hydrogens is 811 g/mol. The van der Waals surface area contributed by atoms with Gasteiger partial charge in [0.05, 0.1) is 63.0 Å². The van der Waals surface area contributed by atoms with E-state index in [-0.39, 0.29) is 35.8 Å². The van der Waals surface area contributed by atoms with Crippen LogP contribution in [0.4, 0.5) is 20.4 Å². The molecule has 0 saturated carbocycles. The zero-order valence-electron chi connectivity index (χ0n) is 34.4. The third-order valence-corrected chi connectivity index (χ3v) is 11.9. The maximum Gasteiger partial charge on any atom is 0.237 e. The van der Waals surface area contributed by atoms with Gasteiger partial charge in [0.25, 0.3) is 0 Å². The van der Waals surface area contributed by atoms with E-state index in [1.807, 2.05) is 43.8 Å². The van der Waals surface area contributed by atoms with E-state index in [0.29, 0.717) is 50.0 Å². The molecule has 0 spiro atoms. The first-order valence-electron chi connectivity index (χ1n) is 20.8. The molecular formula is C43H40F2N16O2. The molecule has 20 heteroatoms. The van der Waals surface area contributed by atoms with Crippen LogP contribution in [0.15, 0.2) is 92.0 Å². The Balaban J connectivity index is 0.000000141. The lowest BCUT2D eigenvalue weighted by Crippen LogP contribution is -2.53. The zero-order valence-corrected chi connectivity index (χ0v) is 34.4. The van der Waals surface area contributed by atoms with Gasteiger partial charge in [-0.05, 0) is 68.3 Å². The highest BCUT2D eigenvalue weighted by molar-refractivity contribution is 5.66. The fraction of sp³-hybridized carbons (Fsp3) is 0.302. The largest absolute Gasteiger partial charge is 0.377 e. The predicted octanol–water partition coefficient (Wildman–Crippen LogP) is 5.75. The molecule has 8 aromatic rings. The number of benzene rings is 2. The van der Waals surface area contributed by atoms with Crippen molar-refractivity contribution >= 4 is 11.6 Å². The molecule has 4 aliphatic heterocycles. The van der Waals surface area contributed by atoms with E-state index >= 15 is 0 Å². The smallest absolute Gasteiger partial charge is 0.237 e. The van der Waals surface area contributed by atoms with Crippen molar-refractivity contribution in [3.8, 4) is 46.0 Å². The lowest BCUT2D eigenvalue weighted by Gasteiger charge is -2.45. The van der Waals surface area contributed by atoms with Crippen molar-refractivity contribution in [2.75, 3.05) is 36.2 Å².